The lowest BCUT2D eigenvalue weighted by Crippen LogP contribution is -2.46. The second-order valence-electron chi connectivity index (χ2n) is 5.80. The van der Waals surface area contributed by atoms with Crippen molar-refractivity contribution >= 4 is 0 Å². The van der Waals surface area contributed by atoms with Crippen LogP contribution >= 0.6 is 0 Å². The van der Waals surface area contributed by atoms with Gasteiger partial charge in [-0.15, -0.1) is 0 Å². The number of nitrogens with one attached hydrogen (secondary N) is 1. The van der Waals surface area contributed by atoms with E-state index in [0.717, 1.165) is 19.2 Å². The summed E-state index contributed by atoms with van der Waals surface area (Å²) >= 11 is 0. The van der Waals surface area contributed by atoms with Gasteiger partial charge in [0.25, 0.3) is 0 Å². The summed E-state index contributed by atoms with van der Waals surface area (Å²) in [5, 5.41) is 3.49. The van der Waals surface area contributed by atoms with Gasteiger partial charge in [-0.3, -0.25) is 4.90 Å². The van der Waals surface area contributed by atoms with Crippen molar-refractivity contribution in [2.24, 2.45) is 5.41 Å². The number of rotatable bonds is 7. The molecule has 2 rings (SSSR count). The minimum atomic E-state index is 0.571. The number of ether oxygens (including phenoxy) is 1. The minimum absolute atomic E-state index is 0.571. The molecule has 1 aliphatic heterocycles. The van der Waals surface area contributed by atoms with Gasteiger partial charge in [-0.25, -0.2) is 0 Å². The first-order valence-corrected chi connectivity index (χ1v) is 7.23. The molecule has 0 aromatic carbocycles. The molecule has 0 unspecified atom stereocenters. The third-order valence-corrected chi connectivity index (χ3v) is 4.60. The molecule has 3 heteroatoms. The summed E-state index contributed by atoms with van der Waals surface area (Å²) in [5.74, 6) is 0. The van der Waals surface area contributed by atoms with E-state index in [2.05, 4.69) is 17.1 Å². The number of hydrogen-bond acceptors (Lipinski definition) is 3. The van der Waals surface area contributed by atoms with Gasteiger partial charge >= 0.3 is 0 Å². The standard InChI is InChI=1S/C14H28N2O/c1-3-14(6-8-15-9-7-14)12-16(10-11-17-2)13-4-5-13/h13,15H,3-12H2,1-2H3. The van der Waals surface area contributed by atoms with Crippen LogP contribution in [0.1, 0.15) is 39.0 Å². The van der Waals surface area contributed by atoms with Crippen LogP contribution in [0.2, 0.25) is 0 Å². The summed E-state index contributed by atoms with van der Waals surface area (Å²) in [6, 6.07) is 0.864. The Morgan fingerprint density at radius 3 is 2.53 bits per heavy atom. The topological polar surface area (TPSA) is 24.5 Å². The molecule has 0 aromatic heterocycles. The predicted molar refractivity (Wildman–Crippen MR) is 71.3 cm³/mol. The SMILES string of the molecule is CCC1(CN(CCOC)C2CC2)CCNCC1. The largest absolute Gasteiger partial charge is 0.383 e. The highest BCUT2D eigenvalue weighted by atomic mass is 16.5. The average Bonchev–Trinajstić information content (AvgIpc) is 3.20. The van der Waals surface area contributed by atoms with Gasteiger partial charge in [-0.05, 0) is 50.6 Å². The monoisotopic (exact) mass is 240 g/mol. The minimum Gasteiger partial charge on any atom is -0.383 e. The summed E-state index contributed by atoms with van der Waals surface area (Å²) in [6.45, 7) is 8.07. The fourth-order valence-electron chi connectivity index (χ4n) is 3.05. The van der Waals surface area contributed by atoms with Gasteiger partial charge < -0.3 is 10.1 Å². The molecular formula is C14H28N2O. The van der Waals surface area contributed by atoms with Crippen LogP contribution in [0.5, 0.6) is 0 Å². The molecule has 0 radical (unpaired) electrons. The van der Waals surface area contributed by atoms with Crippen LogP contribution in [-0.2, 0) is 4.74 Å². The van der Waals surface area contributed by atoms with Crippen LogP contribution in [0.25, 0.3) is 0 Å². The number of piperidine rings is 1. The molecule has 1 saturated heterocycles. The summed E-state index contributed by atoms with van der Waals surface area (Å²) in [6.07, 6.45) is 6.83. The molecule has 1 heterocycles. The Bertz CT molecular complexity index is 222. The molecule has 0 spiro atoms. The molecule has 2 aliphatic rings. The fourth-order valence-corrected chi connectivity index (χ4v) is 3.05. The number of methoxy groups -OCH3 is 1. The van der Waals surface area contributed by atoms with Crippen LogP contribution in [0, 0.1) is 5.41 Å². The Labute approximate surface area is 106 Å². The van der Waals surface area contributed by atoms with Crippen molar-refractivity contribution in [3.05, 3.63) is 0 Å². The highest BCUT2D eigenvalue weighted by Crippen LogP contribution is 2.37. The molecule has 0 amide bonds. The van der Waals surface area contributed by atoms with Gasteiger partial charge in [0.15, 0.2) is 0 Å². The molecule has 1 N–H and O–H groups in total. The molecule has 1 saturated carbocycles. The van der Waals surface area contributed by atoms with E-state index in [1.807, 2.05) is 7.11 Å². The lowest BCUT2D eigenvalue weighted by atomic mass is 9.76. The Balaban J connectivity index is 1.89. The smallest absolute Gasteiger partial charge is 0.0589 e. The molecule has 0 atom stereocenters. The van der Waals surface area contributed by atoms with E-state index in [9.17, 15) is 0 Å². The van der Waals surface area contributed by atoms with Gasteiger partial charge in [-0.2, -0.15) is 0 Å². The summed E-state index contributed by atoms with van der Waals surface area (Å²) in [5.41, 5.74) is 0.571. The summed E-state index contributed by atoms with van der Waals surface area (Å²) < 4.78 is 5.25. The van der Waals surface area contributed by atoms with Gasteiger partial charge in [0.05, 0.1) is 6.61 Å². The van der Waals surface area contributed by atoms with Gasteiger partial charge in [0, 0.05) is 26.2 Å². The Morgan fingerprint density at radius 1 is 1.29 bits per heavy atom. The second-order valence-corrected chi connectivity index (χ2v) is 5.80. The molecular weight excluding hydrogens is 212 g/mol. The van der Waals surface area contributed by atoms with Gasteiger partial charge in [0.2, 0.25) is 0 Å². The zero-order chi connectivity index (χ0) is 12.1. The zero-order valence-corrected chi connectivity index (χ0v) is 11.5. The Kier molecular flexibility index (Phi) is 4.83. The first-order valence-electron chi connectivity index (χ1n) is 7.23. The highest BCUT2D eigenvalue weighted by Gasteiger charge is 2.37. The van der Waals surface area contributed by atoms with E-state index in [-0.39, 0.29) is 0 Å². The highest BCUT2D eigenvalue weighted by molar-refractivity contribution is 4.92. The lowest BCUT2D eigenvalue weighted by molar-refractivity contribution is 0.0765. The van der Waals surface area contributed by atoms with Crippen molar-refractivity contribution in [3.63, 3.8) is 0 Å². The molecule has 1 aliphatic carbocycles. The van der Waals surface area contributed by atoms with Crippen LogP contribution in [0.4, 0.5) is 0 Å². The normalized spacial score (nSPS) is 24.2. The maximum absolute atomic E-state index is 5.25. The molecule has 0 bridgehead atoms. The average molecular weight is 240 g/mol. The molecule has 3 nitrogen and oxygen atoms in total. The molecule has 0 aromatic rings. The first-order chi connectivity index (χ1) is 8.29. The molecule has 17 heavy (non-hydrogen) atoms. The van der Waals surface area contributed by atoms with Crippen molar-refractivity contribution in [1.29, 1.82) is 0 Å². The second kappa shape index (κ2) is 6.17. The molecule has 100 valence electrons. The van der Waals surface area contributed by atoms with Gasteiger partial charge in [0.1, 0.15) is 0 Å². The summed E-state index contributed by atoms with van der Waals surface area (Å²) in [7, 11) is 1.81. The van der Waals surface area contributed by atoms with E-state index >= 15 is 0 Å². The number of hydrogen-bond donors (Lipinski definition) is 1. The molecule has 2 fully saturated rings. The van der Waals surface area contributed by atoms with E-state index in [4.69, 9.17) is 4.74 Å². The maximum atomic E-state index is 5.25. The van der Waals surface area contributed by atoms with E-state index in [1.54, 1.807) is 0 Å². The van der Waals surface area contributed by atoms with Crippen LogP contribution in [0.15, 0.2) is 0 Å². The first kappa shape index (κ1) is 13.3. The van der Waals surface area contributed by atoms with E-state index < -0.39 is 0 Å². The van der Waals surface area contributed by atoms with Crippen LogP contribution in [0.3, 0.4) is 0 Å². The maximum Gasteiger partial charge on any atom is 0.0589 e. The lowest BCUT2D eigenvalue weighted by Gasteiger charge is -2.41. The van der Waals surface area contributed by atoms with E-state index in [0.29, 0.717) is 5.41 Å². The summed E-state index contributed by atoms with van der Waals surface area (Å²) in [4.78, 5) is 2.69. The Hall–Kier alpha value is -0.120. The van der Waals surface area contributed by atoms with Crippen molar-refractivity contribution in [1.82, 2.24) is 10.2 Å². The third-order valence-electron chi connectivity index (χ3n) is 4.60. The third kappa shape index (κ3) is 3.67. The van der Waals surface area contributed by atoms with Gasteiger partial charge in [-0.1, -0.05) is 6.92 Å². The predicted octanol–water partition coefficient (Wildman–Crippen LogP) is 1.88. The van der Waals surface area contributed by atoms with Crippen LogP contribution in [-0.4, -0.2) is 50.8 Å². The Morgan fingerprint density at radius 2 is 2.00 bits per heavy atom. The fraction of sp³-hybridized carbons (Fsp3) is 1.00. The number of nitrogens with zero attached hydrogens (tertiary/aromatic N) is 1. The quantitative estimate of drug-likeness (QED) is 0.735. The van der Waals surface area contributed by atoms with Crippen LogP contribution < -0.4 is 5.32 Å². The van der Waals surface area contributed by atoms with Crippen molar-refractivity contribution in [2.75, 3.05) is 39.9 Å². The van der Waals surface area contributed by atoms with Crippen molar-refractivity contribution in [2.45, 2.75) is 45.1 Å². The van der Waals surface area contributed by atoms with E-state index in [1.165, 1.54) is 51.7 Å². The van der Waals surface area contributed by atoms with Crippen molar-refractivity contribution in [3.8, 4) is 0 Å². The van der Waals surface area contributed by atoms with Crippen molar-refractivity contribution < 1.29 is 4.74 Å². The zero-order valence-electron chi connectivity index (χ0n) is 11.5.